The molecule has 2 aromatic rings. The van der Waals surface area contributed by atoms with Gasteiger partial charge in [0.05, 0.1) is 28.8 Å². The van der Waals surface area contributed by atoms with Gasteiger partial charge in [-0.15, -0.1) is 0 Å². The van der Waals surface area contributed by atoms with Crippen LogP contribution in [0.5, 0.6) is 0 Å². The van der Waals surface area contributed by atoms with E-state index in [0.717, 1.165) is 22.6 Å². The molecule has 1 saturated carbocycles. The van der Waals surface area contributed by atoms with Crippen LogP contribution in [0.2, 0.25) is 0 Å². The van der Waals surface area contributed by atoms with Crippen molar-refractivity contribution in [3.63, 3.8) is 0 Å². The number of aromatic nitrogens is 2. The number of nitrogens with zero attached hydrogens (tertiary/aromatic N) is 3. The van der Waals surface area contributed by atoms with Crippen LogP contribution in [0.4, 0.5) is 0 Å². The zero-order valence-corrected chi connectivity index (χ0v) is 17.1. The molecular formula is C21H28N4OS. The number of para-hydroxylation sites is 2. The third-order valence-corrected chi connectivity index (χ3v) is 6.84. The van der Waals surface area contributed by atoms with Crippen LogP contribution in [0.3, 0.4) is 0 Å². The maximum atomic E-state index is 12.8. The number of nitrogens with one attached hydrogen (secondary N) is 1. The molecule has 0 spiro atoms. The fourth-order valence-electron chi connectivity index (χ4n) is 3.82. The molecule has 144 valence electrons. The number of carbonyl (C=O) groups is 1. The highest BCUT2D eigenvalue weighted by Gasteiger charge is 2.30. The Morgan fingerprint density at radius 1 is 1.41 bits per heavy atom. The summed E-state index contributed by atoms with van der Waals surface area (Å²) in [5, 5.41) is 12.8. The quantitative estimate of drug-likeness (QED) is 0.751. The molecule has 1 aliphatic carbocycles. The first-order chi connectivity index (χ1) is 13.0. The number of imidazole rings is 1. The van der Waals surface area contributed by atoms with Crippen molar-refractivity contribution in [2.45, 2.75) is 69.4 Å². The Kier molecular flexibility index (Phi) is 6.43. The molecule has 0 aliphatic heterocycles. The molecule has 1 amide bonds. The SMILES string of the molecule is C[C@@H]1[C@@H](C)CCC[C@H]1NC(=O)[C@H](C)Sc1nc2ccccc2n1CCC#N. The number of amides is 1. The summed E-state index contributed by atoms with van der Waals surface area (Å²) in [6, 6.07) is 10.4. The van der Waals surface area contributed by atoms with Crippen LogP contribution in [0.15, 0.2) is 29.4 Å². The third kappa shape index (κ3) is 4.47. The Balaban J connectivity index is 1.72. The minimum absolute atomic E-state index is 0.0739. The van der Waals surface area contributed by atoms with Crippen LogP contribution < -0.4 is 5.32 Å². The Bertz CT molecular complexity index is 840. The lowest BCUT2D eigenvalue weighted by molar-refractivity contribution is -0.121. The number of rotatable bonds is 6. The first kappa shape index (κ1) is 19.8. The molecule has 1 fully saturated rings. The molecule has 1 aromatic heterocycles. The Labute approximate surface area is 165 Å². The Hall–Kier alpha value is -2.00. The normalized spacial score (nSPS) is 23.7. The summed E-state index contributed by atoms with van der Waals surface area (Å²) >= 11 is 1.48. The van der Waals surface area contributed by atoms with Gasteiger partial charge < -0.3 is 9.88 Å². The van der Waals surface area contributed by atoms with E-state index < -0.39 is 0 Å². The molecule has 27 heavy (non-hydrogen) atoms. The molecule has 5 nitrogen and oxygen atoms in total. The van der Waals surface area contributed by atoms with E-state index in [1.165, 1.54) is 24.6 Å². The number of thioether (sulfide) groups is 1. The van der Waals surface area contributed by atoms with Crippen molar-refractivity contribution in [2.24, 2.45) is 11.8 Å². The zero-order chi connectivity index (χ0) is 19.4. The van der Waals surface area contributed by atoms with E-state index in [-0.39, 0.29) is 17.2 Å². The van der Waals surface area contributed by atoms with Crippen LogP contribution in [0, 0.1) is 23.2 Å². The van der Waals surface area contributed by atoms with E-state index in [0.29, 0.717) is 24.8 Å². The standard InChI is InChI=1S/C21H28N4OS/c1-14-8-6-10-17(15(14)2)23-20(26)16(3)27-21-24-18-9-4-5-11-19(18)25(21)13-7-12-22/h4-5,9,11,14-17H,6-8,10,13H2,1-3H3,(H,23,26)/t14-,15+,16-,17+/m0/s1. The van der Waals surface area contributed by atoms with Crippen LogP contribution in [0.1, 0.15) is 46.5 Å². The fraction of sp³-hybridized carbons (Fsp3) is 0.571. The molecule has 1 aliphatic rings. The first-order valence-electron chi connectivity index (χ1n) is 9.80. The van der Waals surface area contributed by atoms with Crippen LogP contribution in [-0.4, -0.2) is 26.8 Å². The van der Waals surface area contributed by atoms with Crippen molar-refractivity contribution in [2.75, 3.05) is 0 Å². The van der Waals surface area contributed by atoms with E-state index in [1.54, 1.807) is 0 Å². The molecule has 6 heteroatoms. The summed E-state index contributed by atoms with van der Waals surface area (Å²) in [7, 11) is 0. The van der Waals surface area contributed by atoms with E-state index in [2.05, 4.69) is 29.8 Å². The van der Waals surface area contributed by atoms with E-state index >= 15 is 0 Å². The van der Waals surface area contributed by atoms with Crippen molar-refractivity contribution >= 4 is 28.7 Å². The lowest BCUT2D eigenvalue weighted by Crippen LogP contribution is -2.46. The van der Waals surface area contributed by atoms with Crippen molar-refractivity contribution in [1.29, 1.82) is 5.26 Å². The molecule has 1 N–H and O–H groups in total. The summed E-state index contributed by atoms with van der Waals surface area (Å²) in [5.74, 6) is 1.24. The van der Waals surface area contributed by atoms with Gasteiger partial charge in [-0.1, -0.05) is 50.6 Å². The molecule has 0 bridgehead atoms. The third-order valence-electron chi connectivity index (χ3n) is 5.75. The van der Waals surface area contributed by atoms with E-state index in [9.17, 15) is 4.79 Å². The maximum absolute atomic E-state index is 12.8. The van der Waals surface area contributed by atoms with Gasteiger partial charge in [-0.2, -0.15) is 5.26 Å². The average molecular weight is 385 g/mol. The number of hydrogen-bond acceptors (Lipinski definition) is 4. The second kappa shape index (κ2) is 8.79. The van der Waals surface area contributed by atoms with Gasteiger partial charge in [0.15, 0.2) is 5.16 Å². The minimum atomic E-state index is -0.230. The first-order valence-corrected chi connectivity index (χ1v) is 10.7. The monoisotopic (exact) mass is 384 g/mol. The van der Waals surface area contributed by atoms with Crippen LogP contribution >= 0.6 is 11.8 Å². The highest BCUT2D eigenvalue weighted by Crippen LogP contribution is 2.31. The summed E-state index contributed by atoms with van der Waals surface area (Å²) in [5.41, 5.74) is 1.91. The number of aryl methyl sites for hydroxylation is 1. The minimum Gasteiger partial charge on any atom is -0.352 e. The molecule has 3 rings (SSSR count). The molecule has 0 saturated heterocycles. The molecule has 0 unspecified atom stereocenters. The Morgan fingerprint density at radius 2 is 2.19 bits per heavy atom. The lowest BCUT2D eigenvalue weighted by Gasteiger charge is -2.35. The van der Waals surface area contributed by atoms with Crippen molar-refractivity contribution in [3.05, 3.63) is 24.3 Å². The number of fused-ring (bicyclic) bond motifs is 1. The van der Waals surface area contributed by atoms with E-state index in [4.69, 9.17) is 10.2 Å². The molecule has 4 atom stereocenters. The smallest absolute Gasteiger partial charge is 0.233 e. The Morgan fingerprint density at radius 3 is 2.96 bits per heavy atom. The van der Waals surface area contributed by atoms with Crippen LogP contribution in [-0.2, 0) is 11.3 Å². The van der Waals surface area contributed by atoms with Crippen molar-refractivity contribution in [1.82, 2.24) is 14.9 Å². The summed E-state index contributed by atoms with van der Waals surface area (Å²) < 4.78 is 2.05. The average Bonchev–Trinajstić information content (AvgIpc) is 3.00. The second-order valence-electron chi connectivity index (χ2n) is 7.59. The van der Waals surface area contributed by atoms with Gasteiger partial charge >= 0.3 is 0 Å². The fourth-order valence-corrected chi connectivity index (χ4v) is 4.78. The van der Waals surface area contributed by atoms with Crippen molar-refractivity contribution < 1.29 is 4.79 Å². The van der Waals surface area contributed by atoms with Crippen molar-refractivity contribution in [3.8, 4) is 6.07 Å². The summed E-state index contributed by atoms with van der Waals surface area (Å²) in [4.78, 5) is 17.5. The van der Waals surface area contributed by atoms with Gasteiger partial charge in [0.2, 0.25) is 5.91 Å². The topological polar surface area (TPSA) is 70.7 Å². The molecule has 1 aromatic carbocycles. The van der Waals surface area contributed by atoms with Crippen LogP contribution in [0.25, 0.3) is 11.0 Å². The highest BCUT2D eigenvalue weighted by molar-refractivity contribution is 8.00. The molecular weight excluding hydrogens is 356 g/mol. The van der Waals surface area contributed by atoms with Gasteiger partial charge in [0.1, 0.15) is 0 Å². The highest BCUT2D eigenvalue weighted by atomic mass is 32.2. The number of hydrogen-bond donors (Lipinski definition) is 1. The number of benzene rings is 1. The molecule has 1 heterocycles. The van der Waals surface area contributed by atoms with Gasteiger partial charge in [-0.05, 0) is 37.3 Å². The van der Waals surface area contributed by atoms with Gasteiger partial charge in [0, 0.05) is 12.6 Å². The van der Waals surface area contributed by atoms with Gasteiger partial charge in [0.25, 0.3) is 0 Å². The maximum Gasteiger partial charge on any atom is 0.233 e. The number of nitriles is 1. The summed E-state index contributed by atoms with van der Waals surface area (Å²) in [6.07, 6.45) is 3.92. The largest absolute Gasteiger partial charge is 0.352 e. The predicted molar refractivity (Wildman–Crippen MR) is 109 cm³/mol. The summed E-state index contributed by atoms with van der Waals surface area (Å²) in [6.45, 7) is 7.04. The van der Waals surface area contributed by atoms with Gasteiger partial charge in [-0.3, -0.25) is 4.79 Å². The number of carbonyl (C=O) groups excluding carboxylic acids is 1. The van der Waals surface area contributed by atoms with Gasteiger partial charge in [-0.25, -0.2) is 4.98 Å². The zero-order valence-electron chi connectivity index (χ0n) is 16.3. The lowest BCUT2D eigenvalue weighted by atomic mass is 9.78. The second-order valence-corrected chi connectivity index (χ2v) is 8.89. The predicted octanol–water partition coefficient (Wildman–Crippen LogP) is 4.37. The van der Waals surface area contributed by atoms with E-state index in [1.807, 2.05) is 31.2 Å². The molecule has 0 radical (unpaired) electrons.